The van der Waals surface area contributed by atoms with Gasteiger partial charge in [-0.3, -0.25) is 14.2 Å². The summed E-state index contributed by atoms with van der Waals surface area (Å²) in [6.45, 7) is 3.64. The van der Waals surface area contributed by atoms with Gasteiger partial charge in [0.1, 0.15) is 0 Å². The molecule has 0 aliphatic heterocycles. The summed E-state index contributed by atoms with van der Waals surface area (Å²) >= 11 is 6.09. The minimum Gasteiger partial charge on any atom is -0.344 e. The van der Waals surface area contributed by atoms with Crippen LogP contribution >= 0.6 is 11.6 Å². The molecule has 0 bridgehead atoms. The minimum atomic E-state index is -0.772. The highest BCUT2D eigenvalue weighted by molar-refractivity contribution is 6.30. The fourth-order valence-electron chi connectivity index (χ4n) is 3.63. The van der Waals surface area contributed by atoms with Gasteiger partial charge < -0.3 is 5.32 Å². The molecule has 4 rings (SSSR count). The molecule has 0 aliphatic rings. The van der Waals surface area contributed by atoms with E-state index in [0.29, 0.717) is 16.3 Å². The molecule has 3 aromatic carbocycles. The molecule has 34 heavy (non-hydrogen) atoms. The Kier molecular flexibility index (Phi) is 6.75. The predicted molar refractivity (Wildman–Crippen MR) is 132 cm³/mol. The molecule has 1 N–H and O–H groups in total. The highest BCUT2D eigenvalue weighted by Gasteiger charge is 2.22. The Labute approximate surface area is 201 Å². The fourth-order valence-corrected chi connectivity index (χ4v) is 3.85. The van der Waals surface area contributed by atoms with E-state index in [9.17, 15) is 14.4 Å². The third-order valence-corrected chi connectivity index (χ3v) is 5.63. The number of carbonyl (C=O) groups excluding carboxylic acids is 1. The van der Waals surface area contributed by atoms with Gasteiger partial charge in [0.25, 0.3) is 11.5 Å². The molecule has 8 heteroatoms. The van der Waals surface area contributed by atoms with Crippen LogP contribution in [0.3, 0.4) is 0 Å². The van der Waals surface area contributed by atoms with Gasteiger partial charge >= 0.3 is 5.69 Å². The van der Waals surface area contributed by atoms with Crippen molar-refractivity contribution in [2.24, 2.45) is 0 Å². The molecule has 1 unspecified atom stereocenters. The summed E-state index contributed by atoms with van der Waals surface area (Å²) in [4.78, 5) is 39.7. The molecule has 0 saturated heterocycles. The maximum Gasteiger partial charge on any atom is 0.352 e. The zero-order chi connectivity index (χ0) is 24.2. The number of halogens is 1. The highest BCUT2D eigenvalue weighted by Crippen LogP contribution is 2.13. The van der Waals surface area contributed by atoms with Crippen LogP contribution in [0.1, 0.15) is 40.1 Å². The first-order valence-corrected chi connectivity index (χ1v) is 11.1. The van der Waals surface area contributed by atoms with Crippen LogP contribution in [0.4, 0.5) is 0 Å². The van der Waals surface area contributed by atoms with Crippen molar-refractivity contribution in [2.45, 2.75) is 26.4 Å². The summed E-state index contributed by atoms with van der Waals surface area (Å²) in [7, 11) is 0. The van der Waals surface area contributed by atoms with Gasteiger partial charge in [0.15, 0.2) is 0 Å². The normalized spacial score (nSPS) is 11.7. The van der Waals surface area contributed by atoms with Crippen LogP contribution in [0.2, 0.25) is 5.02 Å². The number of hydrogen-bond donors (Lipinski definition) is 1. The van der Waals surface area contributed by atoms with Gasteiger partial charge in [-0.15, -0.1) is 0 Å². The first kappa shape index (κ1) is 23.2. The lowest BCUT2D eigenvalue weighted by molar-refractivity contribution is 0.0930. The van der Waals surface area contributed by atoms with E-state index >= 15 is 0 Å². The Morgan fingerprint density at radius 2 is 1.74 bits per heavy atom. The minimum absolute atomic E-state index is 0.0545. The first-order chi connectivity index (χ1) is 16.3. The average Bonchev–Trinajstić information content (AvgIpc) is 2.82. The molecular formula is C26H23ClN4O3. The number of benzene rings is 3. The second-order valence-corrected chi connectivity index (χ2v) is 8.45. The molecule has 1 heterocycles. The number of nitrogens with one attached hydrogen (secondary N) is 1. The van der Waals surface area contributed by atoms with E-state index in [1.165, 1.54) is 0 Å². The molecule has 0 fully saturated rings. The second-order valence-electron chi connectivity index (χ2n) is 8.01. The van der Waals surface area contributed by atoms with Crippen molar-refractivity contribution in [1.29, 1.82) is 0 Å². The number of rotatable bonds is 6. The number of hydrogen-bond acceptors (Lipinski definition) is 4. The third kappa shape index (κ3) is 5.00. The van der Waals surface area contributed by atoms with Gasteiger partial charge in [0.05, 0.1) is 18.3 Å². The monoisotopic (exact) mass is 474 g/mol. The van der Waals surface area contributed by atoms with Crippen LogP contribution in [-0.4, -0.2) is 20.3 Å². The zero-order valence-electron chi connectivity index (χ0n) is 18.7. The quantitative estimate of drug-likeness (QED) is 0.459. The second kappa shape index (κ2) is 9.89. The van der Waals surface area contributed by atoms with Crippen molar-refractivity contribution < 1.29 is 4.79 Å². The van der Waals surface area contributed by atoms with Crippen LogP contribution in [0, 0.1) is 6.92 Å². The SMILES string of the molecule is Cc1cccc(-n2nc(C(=O)NC(C)c3ccccc3)c(=O)n(Cc3cccc(Cl)c3)c2=O)c1. The van der Waals surface area contributed by atoms with Crippen LogP contribution in [-0.2, 0) is 6.54 Å². The number of aryl methyl sites for hydroxylation is 1. The first-order valence-electron chi connectivity index (χ1n) is 10.7. The molecule has 7 nitrogen and oxygen atoms in total. The number of amides is 1. The van der Waals surface area contributed by atoms with E-state index in [0.717, 1.165) is 20.4 Å². The van der Waals surface area contributed by atoms with Crippen molar-refractivity contribution >= 4 is 17.5 Å². The molecular weight excluding hydrogens is 452 g/mol. The lowest BCUT2D eigenvalue weighted by atomic mass is 10.1. The van der Waals surface area contributed by atoms with Crippen LogP contribution in [0.15, 0.2) is 88.5 Å². The van der Waals surface area contributed by atoms with Crippen LogP contribution < -0.4 is 16.6 Å². The molecule has 1 aromatic heterocycles. The van der Waals surface area contributed by atoms with Gasteiger partial charge in [0, 0.05) is 5.02 Å². The van der Waals surface area contributed by atoms with E-state index < -0.39 is 17.2 Å². The maximum absolute atomic E-state index is 13.3. The molecule has 172 valence electrons. The Morgan fingerprint density at radius 3 is 2.44 bits per heavy atom. The van der Waals surface area contributed by atoms with E-state index in [4.69, 9.17) is 11.6 Å². The number of aromatic nitrogens is 3. The fraction of sp³-hybridized carbons (Fsp3) is 0.154. The van der Waals surface area contributed by atoms with Crippen molar-refractivity contribution in [3.63, 3.8) is 0 Å². The maximum atomic E-state index is 13.3. The van der Waals surface area contributed by atoms with Gasteiger partial charge in [-0.25, -0.2) is 4.79 Å². The number of nitrogens with zero attached hydrogens (tertiary/aromatic N) is 3. The van der Waals surface area contributed by atoms with Gasteiger partial charge in [-0.2, -0.15) is 9.78 Å². The topological polar surface area (TPSA) is 86.0 Å². The van der Waals surface area contributed by atoms with E-state index in [2.05, 4.69) is 10.4 Å². The van der Waals surface area contributed by atoms with Gasteiger partial charge in [-0.05, 0) is 54.8 Å². The Bertz CT molecular complexity index is 1460. The summed E-state index contributed by atoms with van der Waals surface area (Å²) < 4.78 is 2.09. The summed E-state index contributed by atoms with van der Waals surface area (Å²) in [5, 5.41) is 7.47. The summed E-state index contributed by atoms with van der Waals surface area (Å²) in [6, 6.07) is 23.0. The van der Waals surface area contributed by atoms with E-state index in [-0.39, 0.29) is 18.3 Å². The molecule has 4 aromatic rings. The molecule has 0 radical (unpaired) electrons. The van der Waals surface area contributed by atoms with Crippen molar-refractivity contribution in [2.75, 3.05) is 0 Å². The average molecular weight is 475 g/mol. The Balaban J connectivity index is 1.82. The van der Waals surface area contributed by atoms with Crippen LogP contribution in [0.5, 0.6) is 0 Å². The van der Waals surface area contributed by atoms with Crippen molar-refractivity contribution in [3.8, 4) is 5.69 Å². The third-order valence-electron chi connectivity index (χ3n) is 5.40. The highest BCUT2D eigenvalue weighted by atomic mass is 35.5. The Hall–Kier alpha value is -3.97. The van der Waals surface area contributed by atoms with Crippen molar-refractivity contribution in [1.82, 2.24) is 19.7 Å². The lowest BCUT2D eigenvalue weighted by Crippen LogP contribution is -2.46. The number of carbonyl (C=O) groups is 1. The Morgan fingerprint density at radius 1 is 1.00 bits per heavy atom. The van der Waals surface area contributed by atoms with Gasteiger partial charge in [0.2, 0.25) is 5.69 Å². The van der Waals surface area contributed by atoms with E-state index in [1.807, 2.05) is 50.2 Å². The zero-order valence-corrected chi connectivity index (χ0v) is 19.5. The largest absolute Gasteiger partial charge is 0.352 e. The van der Waals surface area contributed by atoms with E-state index in [1.54, 1.807) is 42.5 Å². The standard InChI is InChI=1S/C26H23ClN4O3/c1-17-8-6-13-22(14-17)31-26(34)30(16-19-9-7-12-21(27)15-19)25(33)23(29-31)24(32)28-18(2)20-10-4-3-5-11-20/h3-15,18H,16H2,1-2H3,(H,28,32). The van der Waals surface area contributed by atoms with Crippen molar-refractivity contribution in [3.05, 3.63) is 127 Å². The summed E-state index contributed by atoms with van der Waals surface area (Å²) in [5.74, 6) is -0.664. The summed E-state index contributed by atoms with van der Waals surface area (Å²) in [5.41, 5.74) is 1.10. The molecule has 0 aliphatic carbocycles. The molecule has 0 saturated carbocycles. The molecule has 1 atom stereocenters. The van der Waals surface area contributed by atoms with Gasteiger partial charge in [-0.1, -0.05) is 66.2 Å². The smallest absolute Gasteiger partial charge is 0.344 e. The lowest BCUT2D eigenvalue weighted by Gasteiger charge is -2.16. The molecule has 1 amide bonds. The summed E-state index contributed by atoms with van der Waals surface area (Å²) in [6.07, 6.45) is 0. The predicted octanol–water partition coefficient (Wildman–Crippen LogP) is 3.90. The molecule has 0 spiro atoms. The van der Waals surface area contributed by atoms with Crippen LogP contribution in [0.25, 0.3) is 5.69 Å².